The number of aromatic nitrogens is 4. The Kier molecular flexibility index (Phi) is 4.10. The van der Waals surface area contributed by atoms with Gasteiger partial charge in [-0.25, -0.2) is 9.07 Å². The third-order valence-electron chi connectivity index (χ3n) is 3.68. The quantitative estimate of drug-likeness (QED) is 0.844. The van der Waals surface area contributed by atoms with E-state index < -0.39 is 5.82 Å². The summed E-state index contributed by atoms with van der Waals surface area (Å²) in [5.41, 5.74) is 0.793. The molecule has 8 heteroatoms. The number of rotatable bonds is 4. The van der Waals surface area contributed by atoms with Crippen LogP contribution >= 0.6 is 0 Å². The molecule has 0 saturated carbocycles. The van der Waals surface area contributed by atoms with Gasteiger partial charge in [-0.3, -0.25) is 9.78 Å². The molecule has 2 aromatic heterocycles. The molecule has 7 nitrogen and oxygen atoms in total. The third-order valence-corrected chi connectivity index (χ3v) is 3.68. The van der Waals surface area contributed by atoms with Crippen LogP contribution in [0.1, 0.15) is 28.5 Å². The zero-order valence-corrected chi connectivity index (χ0v) is 12.1. The number of pyridine rings is 1. The van der Waals surface area contributed by atoms with Crippen molar-refractivity contribution in [3.63, 3.8) is 0 Å². The molecule has 116 valence electrons. The van der Waals surface area contributed by atoms with Crippen LogP contribution in [0.15, 0.2) is 24.7 Å². The Labute approximate surface area is 126 Å². The van der Waals surface area contributed by atoms with E-state index in [-0.39, 0.29) is 17.5 Å². The van der Waals surface area contributed by atoms with Gasteiger partial charge in [0, 0.05) is 26.4 Å². The Morgan fingerprint density at radius 3 is 3.18 bits per heavy atom. The number of halogens is 1. The fourth-order valence-corrected chi connectivity index (χ4v) is 2.57. The number of hydrogen-bond donors (Lipinski definition) is 0. The van der Waals surface area contributed by atoms with Crippen molar-refractivity contribution in [1.29, 1.82) is 0 Å². The number of methoxy groups -OCH3 is 1. The van der Waals surface area contributed by atoms with E-state index in [9.17, 15) is 9.18 Å². The molecule has 2 aromatic rings. The SMILES string of the molecule is COCc1cn([C@H]2CCN(C(=O)c3ccncc3F)C2)nn1. The summed E-state index contributed by atoms with van der Waals surface area (Å²) in [6.07, 6.45) is 5.04. The molecule has 1 aliphatic rings. The van der Waals surface area contributed by atoms with Gasteiger partial charge < -0.3 is 9.64 Å². The highest BCUT2D eigenvalue weighted by Crippen LogP contribution is 2.23. The molecule has 1 fully saturated rings. The summed E-state index contributed by atoms with van der Waals surface area (Å²) in [5.74, 6) is -0.918. The molecule has 1 atom stereocenters. The standard InChI is InChI=1S/C14H16FN5O2/c1-22-9-10-7-20(18-17-10)11-3-5-19(8-11)14(21)12-2-4-16-6-13(12)15/h2,4,6-7,11H,3,5,8-9H2,1H3/t11-/m0/s1. The lowest BCUT2D eigenvalue weighted by molar-refractivity contribution is 0.0782. The van der Waals surface area contributed by atoms with Crippen molar-refractivity contribution in [2.24, 2.45) is 0 Å². The smallest absolute Gasteiger partial charge is 0.257 e. The summed E-state index contributed by atoms with van der Waals surface area (Å²) >= 11 is 0. The topological polar surface area (TPSA) is 73.1 Å². The third kappa shape index (κ3) is 2.82. The van der Waals surface area contributed by atoms with Crippen LogP contribution in [0.4, 0.5) is 4.39 Å². The van der Waals surface area contributed by atoms with Crippen molar-refractivity contribution in [3.05, 3.63) is 41.7 Å². The van der Waals surface area contributed by atoms with E-state index in [1.54, 1.807) is 16.7 Å². The number of amides is 1. The predicted molar refractivity (Wildman–Crippen MR) is 74.5 cm³/mol. The Hall–Kier alpha value is -2.35. The number of carbonyl (C=O) groups is 1. The van der Waals surface area contributed by atoms with Gasteiger partial charge >= 0.3 is 0 Å². The Morgan fingerprint density at radius 1 is 1.55 bits per heavy atom. The van der Waals surface area contributed by atoms with Crippen LogP contribution in [0.2, 0.25) is 0 Å². The predicted octanol–water partition coefficient (Wildman–Crippen LogP) is 1.05. The number of nitrogens with zero attached hydrogens (tertiary/aromatic N) is 5. The van der Waals surface area contributed by atoms with Gasteiger partial charge in [0.1, 0.15) is 5.69 Å². The molecule has 3 heterocycles. The average Bonchev–Trinajstić information content (AvgIpc) is 3.16. The van der Waals surface area contributed by atoms with Gasteiger partial charge in [0.05, 0.1) is 30.6 Å². The van der Waals surface area contributed by atoms with Crippen molar-refractivity contribution in [1.82, 2.24) is 24.9 Å². The highest BCUT2D eigenvalue weighted by molar-refractivity contribution is 5.94. The fourth-order valence-electron chi connectivity index (χ4n) is 2.57. The van der Waals surface area contributed by atoms with Gasteiger partial charge in [0.25, 0.3) is 5.91 Å². The highest BCUT2D eigenvalue weighted by atomic mass is 19.1. The Balaban J connectivity index is 1.69. The van der Waals surface area contributed by atoms with E-state index in [2.05, 4.69) is 15.3 Å². The molecule has 0 bridgehead atoms. The lowest BCUT2D eigenvalue weighted by atomic mass is 10.2. The van der Waals surface area contributed by atoms with E-state index in [1.165, 1.54) is 12.3 Å². The number of hydrogen-bond acceptors (Lipinski definition) is 5. The van der Waals surface area contributed by atoms with Gasteiger partial charge in [-0.1, -0.05) is 5.21 Å². The monoisotopic (exact) mass is 305 g/mol. The van der Waals surface area contributed by atoms with E-state index in [0.717, 1.165) is 18.3 Å². The summed E-state index contributed by atoms with van der Waals surface area (Å²) < 4.78 is 20.4. The van der Waals surface area contributed by atoms with Crippen LogP contribution in [-0.2, 0) is 11.3 Å². The molecule has 22 heavy (non-hydrogen) atoms. The van der Waals surface area contributed by atoms with Gasteiger partial charge in [-0.15, -0.1) is 5.10 Å². The maximum atomic E-state index is 13.7. The molecular weight excluding hydrogens is 289 g/mol. The summed E-state index contributed by atoms with van der Waals surface area (Å²) in [4.78, 5) is 17.6. The van der Waals surface area contributed by atoms with Crippen molar-refractivity contribution in [2.75, 3.05) is 20.2 Å². The normalized spacial score (nSPS) is 17.9. The molecule has 0 aromatic carbocycles. The molecule has 1 amide bonds. The maximum absolute atomic E-state index is 13.7. The van der Waals surface area contributed by atoms with Crippen molar-refractivity contribution in [3.8, 4) is 0 Å². The molecule has 0 spiro atoms. The summed E-state index contributed by atoms with van der Waals surface area (Å²) in [6.45, 7) is 1.44. The minimum atomic E-state index is -0.598. The molecule has 0 radical (unpaired) electrons. The zero-order valence-electron chi connectivity index (χ0n) is 12.1. The zero-order chi connectivity index (χ0) is 15.5. The minimum absolute atomic E-state index is 0.0481. The van der Waals surface area contributed by atoms with Crippen LogP contribution in [0, 0.1) is 5.82 Å². The van der Waals surface area contributed by atoms with Gasteiger partial charge in [-0.05, 0) is 12.5 Å². The molecule has 1 saturated heterocycles. The van der Waals surface area contributed by atoms with E-state index >= 15 is 0 Å². The minimum Gasteiger partial charge on any atom is -0.378 e. The largest absolute Gasteiger partial charge is 0.378 e. The number of carbonyl (C=O) groups excluding carboxylic acids is 1. The van der Waals surface area contributed by atoms with Crippen LogP contribution in [0.5, 0.6) is 0 Å². The first kappa shape index (κ1) is 14.6. The summed E-state index contributed by atoms with van der Waals surface area (Å²) in [7, 11) is 1.60. The van der Waals surface area contributed by atoms with Crippen LogP contribution in [0.25, 0.3) is 0 Å². The molecule has 1 aliphatic heterocycles. The number of ether oxygens (including phenoxy) is 1. The first-order chi connectivity index (χ1) is 10.7. The highest BCUT2D eigenvalue weighted by Gasteiger charge is 2.30. The lowest BCUT2D eigenvalue weighted by Crippen LogP contribution is -2.30. The molecular formula is C14H16FN5O2. The Bertz CT molecular complexity index is 675. The average molecular weight is 305 g/mol. The van der Waals surface area contributed by atoms with Crippen molar-refractivity contribution >= 4 is 5.91 Å². The second-order valence-corrected chi connectivity index (χ2v) is 5.17. The second-order valence-electron chi connectivity index (χ2n) is 5.17. The van der Waals surface area contributed by atoms with Crippen LogP contribution < -0.4 is 0 Å². The Morgan fingerprint density at radius 2 is 2.41 bits per heavy atom. The van der Waals surface area contributed by atoms with Crippen molar-refractivity contribution in [2.45, 2.75) is 19.1 Å². The summed E-state index contributed by atoms with van der Waals surface area (Å²) in [6, 6.07) is 1.45. The fraction of sp³-hybridized carbons (Fsp3) is 0.429. The van der Waals surface area contributed by atoms with Crippen LogP contribution in [0.3, 0.4) is 0 Å². The van der Waals surface area contributed by atoms with Crippen molar-refractivity contribution < 1.29 is 13.9 Å². The van der Waals surface area contributed by atoms with E-state index in [4.69, 9.17) is 4.74 Å². The van der Waals surface area contributed by atoms with E-state index in [0.29, 0.717) is 19.7 Å². The lowest BCUT2D eigenvalue weighted by Gasteiger charge is -2.16. The first-order valence-corrected chi connectivity index (χ1v) is 6.97. The van der Waals surface area contributed by atoms with Gasteiger partial charge in [-0.2, -0.15) is 0 Å². The molecule has 0 N–H and O–H groups in total. The molecule has 0 aliphatic carbocycles. The van der Waals surface area contributed by atoms with Gasteiger partial charge in [0.2, 0.25) is 0 Å². The second kappa shape index (κ2) is 6.18. The maximum Gasteiger partial charge on any atom is 0.257 e. The first-order valence-electron chi connectivity index (χ1n) is 6.97. The van der Waals surface area contributed by atoms with E-state index in [1.807, 2.05) is 6.20 Å². The van der Waals surface area contributed by atoms with Crippen LogP contribution in [-0.4, -0.2) is 51.0 Å². The molecule has 3 rings (SSSR count). The number of likely N-dealkylation sites (tertiary alicyclic amines) is 1. The van der Waals surface area contributed by atoms with Gasteiger partial charge in [0.15, 0.2) is 5.82 Å². The molecule has 0 unspecified atom stereocenters. The summed E-state index contributed by atoms with van der Waals surface area (Å²) in [5, 5.41) is 8.07.